The largest absolute Gasteiger partial charge is 0.394 e. The third-order valence-corrected chi connectivity index (χ3v) is 3.42. The normalized spacial score (nSPS) is 12.0. The van der Waals surface area contributed by atoms with E-state index in [1.165, 1.54) is 5.56 Å². The van der Waals surface area contributed by atoms with E-state index in [-0.39, 0.29) is 24.7 Å². The molecule has 0 aliphatic carbocycles. The third kappa shape index (κ3) is 3.24. The summed E-state index contributed by atoms with van der Waals surface area (Å²) >= 11 is 0. The van der Waals surface area contributed by atoms with Crippen LogP contribution in [-0.2, 0) is 5.41 Å². The van der Waals surface area contributed by atoms with E-state index < -0.39 is 0 Å². The minimum Gasteiger partial charge on any atom is -0.394 e. The van der Waals surface area contributed by atoms with Gasteiger partial charge in [0.05, 0.1) is 19.3 Å². The van der Waals surface area contributed by atoms with Crippen LogP contribution in [0.25, 0.3) is 0 Å². The van der Waals surface area contributed by atoms with Gasteiger partial charge in [-0.05, 0) is 29.5 Å². The Kier molecular flexibility index (Phi) is 4.77. The Morgan fingerprint density at radius 3 is 2.17 bits per heavy atom. The summed E-state index contributed by atoms with van der Waals surface area (Å²) in [6, 6.07) is 6.13. The van der Waals surface area contributed by atoms with Crippen LogP contribution in [0.4, 0.5) is 5.69 Å². The van der Waals surface area contributed by atoms with Gasteiger partial charge in [0.15, 0.2) is 0 Å². The topological polar surface area (TPSA) is 43.7 Å². The first-order chi connectivity index (χ1) is 8.31. The van der Waals surface area contributed by atoms with Crippen LogP contribution in [0.1, 0.15) is 31.9 Å². The van der Waals surface area contributed by atoms with Crippen LogP contribution in [0.3, 0.4) is 0 Å². The molecule has 102 valence electrons. The zero-order chi connectivity index (χ0) is 13.9. The van der Waals surface area contributed by atoms with E-state index in [4.69, 9.17) is 0 Å². The van der Waals surface area contributed by atoms with Crippen molar-refractivity contribution in [3.63, 3.8) is 0 Å². The quantitative estimate of drug-likeness (QED) is 0.861. The van der Waals surface area contributed by atoms with Crippen molar-refractivity contribution in [2.45, 2.75) is 39.2 Å². The Hall–Kier alpha value is -1.06. The minimum absolute atomic E-state index is 0.0494. The molecule has 0 spiro atoms. The summed E-state index contributed by atoms with van der Waals surface area (Å²) in [6.45, 7) is 8.48. The summed E-state index contributed by atoms with van der Waals surface area (Å²) in [5.74, 6) is 0. The maximum absolute atomic E-state index is 9.28. The predicted octanol–water partition coefficient (Wildman–Crippen LogP) is 2.08. The molecule has 1 aromatic rings. The molecule has 0 unspecified atom stereocenters. The number of likely N-dealkylation sites (N-methyl/N-ethyl adjacent to an activating group) is 1. The van der Waals surface area contributed by atoms with Gasteiger partial charge in [0, 0.05) is 12.7 Å². The molecule has 0 saturated heterocycles. The number of hydrogen-bond acceptors (Lipinski definition) is 3. The van der Waals surface area contributed by atoms with Gasteiger partial charge in [-0.15, -0.1) is 0 Å². The fourth-order valence-electron chi connectivity index (χ4n) is 1.96. The second kappa shape index (κ2) is 5.72. The molecule has 0 heterocycles. The first-order valence-electron chi connectivity index (χ1n) is 6.37. The van der Waals surface area contributed by atoms with E-state index in [0.29, 0.717) is 0 Å². The maximum atomic E-state index is 9.28. The molecule has 0 bridgehead atoms. The Morgan fingerprint density at radius 1 is 1.17 bits per heavy atom. The zero-order valence-electron chi connectivity index (χ0n) is 12.1. The molecule has 0 aliphatic rings. The molecule has 0 amide bonds. The lowest BCUT2D eigenvalue weighted by Gasteiger charge is -2.30. The SMILES string of the molecule is Cc1ccc(C(C)(C)C)cc1N(C)C(CO)CO. The number of hydrogen-bond donors (Lipinski definition) is 2. The van der Waals surface area contributed by atoms with Crippen molar-refractivity contribution in [2.24, 2.45) is 0 Å². The van der Waals surface area contributed by atoms with Crippen molar-refractivity contribution in [1.82, 2.24) is 0 Å². The van der Waals surface area contributed by atoms with Crippen molar-refractivity contribution in [3.8, 4) is 0 Å². The lowest BCUT2D eigenvalue weighted by molar-refractivity contribution is 0.190. The summed E-state index contributed by atoms with van der Waals surface area (Å²) in [5.41, 5.74) is 3.56. The average Bonchev–Trinajstić information content (AvgIpc) is 2.29. The standard InChI is InChI=1S/C15H25NO2/c1-11-6-7-12(15(2,3)4)8-14(11)16(5)13(9-17)10-18/h6-8,13,17-18H,9-10H2,1-5H3. The number of aliphatic hydroxyl groups excluding tert-OH is 2. The molecule has 0 aromatic heterocycles. The molecule has 1 aromatic carbocycles. The molecule has 3 nitrogen and oxygen atoms in total. The van der Waals surface area contributed by atoms with Gasteiger partial charge in [-0.1, -0.05) is 32.9 Å². The van der Waals surface area contributed by atoms with Gasteiger partial charge in [-0.2, -0.15) is 0 Å². The van der Waals surface area contributed by atoms with E-state index in [0.717, 1.165) is 11.3 Å². The highest BCUT2D eigenvalue weighted by atomic mass is 16.3. The highest BCUT2D eigenvalue weighted by molar-refractivity contribution is 5.56. The lowest BCUT2D eigenvalue weighted by Crippen LogP contribution is -2.38. The van der Waals surface area contributed by atoms with Crippen LogP contribution in [0.5, 0.6) is 0 Å². The second-order valence-corrected chi connectivity index (χ2v) is 5.88. The molecule has 3 heteroatoms. The maximum Gasteiger partial charge on any atom is 0.0748 e. The first-order valence-corrected chi connectivity index (χ1v) is 6.37. The van der Waals surface area contributed by atoms with Gasteiger partial charge in [-0.3, -0.25) is 0 Å². The Labute approximate surface area is 110 Å². The molecule has 0 atom stereocenters. The van der Waals surface area contributed by atoms with E-state index in [1.54, 1.807) is 0 Å². The molecule has 1 rings (SSSR count). The van der Waals surface area contributed by atoms with Crippen molar-refractivity contribution < 1.29 is 10.2 Å². The summed E-state index contributed by atoms with van der Waals surface area (Å²) < 4.78 is 0. The van der Waals surface area contributed by atoms with Gasteiger partial charge < -0.3 is 15.1 Å². The van der Waals surface area contributed by atoms with E-state index >= 15 is 0 Å². The highest BCUT2D eigenvalue weighted by Gasteiger charge is 2.19. The van der Waals surface area contributed by atoms with E-state index in [1.807, 2.05) is 18.9 Å². The summed E-state index contributed by atoms with van der Waals surface area (Å²) in [5, 5.41) is 18.6. The number of anilines is 1. The van der Waals surface area contributed by atoms with Gasteiger partial charge in [0.2, 0.25) is 0 Å². The van der Waals surface area contributed by atoms with Crippen LogP contribution in [0.2, 0.25) is 0 Å². The van der Waals surface area contributed by atoms with E-state index in [2.05, 4.69) is 39.0 Å². The smallest absolute Gasteiger partial charge is 0.0748 e. The number of nitrogens with zero attached hydrogens (tertiary/aromatic N) is 1. The molecule has 0 radical (unpaired) electrons. The van der Waals surface area contributed by atoms with Crippen molar-refractivity contribution in [1.29, 1.82) is 0 Å². The highest BCUT2D eigenvalue weighted by Crippen LogP contribution is 2.29. The molecule has 2 N–H and O–H groups in total. The van der Waals surface area contributed by atoms with Crippen LogP contribution >= 0.6 is 0 Å². The number of benzene rings is 1. The fourth-order valence-corrected chi connectivity index (χ4v) is 1.96. The molecule has 0 aliphatic heterocycles. The summed E-state index contributed by atoms with van der Waals surface area (Å²) in [6.07, 6.45) is 0. The van der Waals surface area contributed by atoms with Crippen molar-refractivity contribution >= 4 is 5.69 Å². The predicted molar refractivity (Wildman–Crippen MR) is 76.2 cm³/mol. The second-order valence-electron chi connectivity index (χ2n) is 5.88. The Bertz CT molecular complexity index is 392. The zero-order valence-corrected chi connectivity index (χ0v) is 12.1. The number of rotatable bonds is 4. The van der Waals surface area contributed by atoms with Gasteiger partial charge in [0.1, 0.15) is 0 Å². The molecular weight excluding hydrogens is 226 g/mol. The summed E-state index contributed by atoms with van der Waals surface area (Å²) in [7, 11) is 1.91. The Morgan fingerprint density at radius 2 is 1.72 bits per heavy atom. The number of aryl methyl sites for hydroxylation is 1. The molecule has 0 saturated carbocycles. The monoisotopic (exact) mass is 251 g/mol. The fraction of sp³-hybridized carbons (Fsp3) is 0.600. The molecule has 18 heavy (non-hydrogen) atoms. The first kappa shape index (κ1) is 15.0. The Balaban J connectivity index is 3.15. The van der Waals surface area contributed by atoms with Gasteiger partial charge >= 0.3 is 0 Å². The number of aliphatic hydroxyl groups is 2. The van der Waals surface area contributed by atoms with Crippen molar-refractivity contribution in [2.75, 3.05) is 25.2 Å². The van der Waals surface area contributed by atoms with Crippen LogP contribution in [0, 0.1) is 6.92 Å². The minimum atomic E-state index is -0.251. The molecular formula is C15H25NO2. The third-order valence-electron chi connectivity index (χ3n) is 3.42. The summed E-state index contributed by atoms with van der Waals surface area (Å²) in [4.78, 5) is 1.95. The van der Waals surface area contributed by atoms with Crippen LogP contribution in [0.15, 0.2) is 18.2 Å². The van der Waals surface area contributed by atoms with E-state index in [9.17, 15) is 10.2 Å². The van der Waals surface area contributed by atoms with Gasteiger partial charge in [0.25, 0.3) is 0 Å². The van der Waals surface area contributed by atoms with Crippen molar-refractivity contribution in [3.05, 3.63) is 29.3 Å². The van der Waals surface area contributed by atoms with Crippen LogP contribution in [-0.4, -0.2) is 36.5 Å². The van der Waals surface area contributed by atoms with Crippen LogP contribution < -0.4 is 4.90 Å². The molecule has 0 fully saturated rings. The lowest BCUT2D eigenvalue weighted by atomic mass is 9.86. The van der Waals surface area contributed by atoms with Gasteiger partial charge in [-0.25, -0.2) is 0 Å². The average molecular weight is 251 g/mol.